The van der Waals surface area contributed by atoms with Crippen LogP contribution in [0.25, 0.3) is 0 Å². The zero-order valence-corrected chi connectivity index (χ0v) is 10.1. The van der Waals surface area contributed by atoms with Gasteiger partial charge in [0.05, 0.1) is 0 Å². The van der Waals surface area contributed by atoms with Crippen LogP contribution in [-0.2, 0) is 11.2 Å². The third-order valence-corrected chi connectivity index (χ3v) is 2.96. The second-order valence-corrected chi connectivity index (χ2v) is 4.21. The van der Waals surface area contributed by atoms with Gasteiger partial charge in [-0.1, -0.05) is 12.2 Å². The zero-order chi connectivity index (χ0) is 12.3. The fourth-order valence-electron chi connectivity index (χ4n) is 1.97. The molecule has 2 nitrogen and oxygen atoms in total. The van der Waals surface area contributed by atoms with Crippen LogP contribution in [0.5, 0.6) is 0 Å². The van der Waals surface area contributed by atoms with Crippen LogP contribution in [0.4, 0.5) is 10.1 Å². The van der Waals surface area contributed by atoms with E-state index in [1.54, 1.807) is 17.0 Å². The Morgan fingerprint density at radius 1 is 1.35 bits per heavy atom. The van der Waals surface area contributed by atoms with Gasteiger partial charge in [-0.15, -0.1) is 11.6 Å². The molecule has 2 rings (SSSR count). The number of fused-ring (bicyclic) bond motifs is 1. The van der Waals surface area contributed by atoms with E-state index in [1.165, 1.54) is 12.1 Å². The number of carbonyl (C=O) groups is 1. The molecule has 17 heavy (non-hydrogen) atoms. The van der Waals surface area contributed by atoms with Crippen LogP contribution >= 0.6 is 11.6 Å². The Labute approximate surface area is 105 Å². The molecule has 4 heteroatoms. The van der Waals surface area contributed by atoms with Gasteiger partial charge in [0.15, 0.2) is 0 Å². The second-order valence-electron chi connectivity index (χ2n) is 3.90. The quantitative estimate of drug-likeness (QED) is 0.599. The summed E-state index contributed by atoms with van der Waals surface area (Å²) in [5, 5.41) is 0. The first-order valence-electron chi connectivity index (χ1n) is 5.52. The lowest BCUT2D eigenvalue weighted by atomic mass is 10.0. The average molecular weight is 254 g/mol. The van der Waals surface area contributed by atoms with Crippen LogP contribution in [0.1, 0.15) is 12.0 Å². The number of amides is 1. The third-order valence-electron chi connectivity index (χ3n) is 2.79. The van der Waals surface area contributed by atoms with Crippen LogP contribution in [0.2, 0.25) is 0 Å². The van der Waals surface area contributed by atoms with Gasteiger partial charge in [0.1, 0.15) is 5.82 Å². The molecule has 90 valence electrons. The molecule has 0 N–H and O–H groups in total. The van der Waals surface area contributed by atoms with Crippen molar-refractivity contribution < 1.29 is 9.18 Å². The van der Waals surface area contributed by atoms with Crippen LogP contribution in [-0.4, -0.2) is 18.3 Å². The summed E-state index contributed by atoms with van der Waals surface area (Å²) in [5.41, 5.74) is 1.70. The van der Waals surface area contributed by atoms with E-state index in [1.807, 2.05) is 6.08 Å². The molecule has 0 bridgehead atoms. The minimum atomic E-state index is -0.255. The summed E-state index contributed by atoms with van der Waals surface area (Å²) < 4.78 is 13.1. The van der Waals surface area contributed by atoms with Gasteiger partial charge in [0.25, 0.3) is 0 Å². The second kappa shape index (κ2) is 5.32. The number of nitrogens with zero attached hydrogens (tertiary/aromatic N) is 1. The van der Waals surface area contributed by atoms with E-state index in [9.17, 15) is 9.18 Å². The van der Waals surface area contributed by atoms with Crippen molar-refractivity contribution in [2.75, 3.05) is 17.3 Å². The van der Waals surface area contributed by atoms with Crippen molar-refractivity contribution in [1.82, 2.24) is 0 Å². The molecule has 0 atom stereocenters. The third kappa shape index (κ3) is 2.67. The summed E-state index contributed by atoms with van der Waals surface area (Å²) in [7, 11) is 0. The van der Waals surface area contributed by atoms with Crippen LogP contribution in [0, 0.1) is 5.82 Å². The highest BCUT2D eigenvalue weighted by atomic mass is 35.5. The lowest BCUT2D eigenvalue weighted by Crippen LogP contribution is -2.35. The average Bonchev–Trinajstić information content (AvgIpc) is 2.32. The molecule has 0 unspecified atom stereocenters. The minimum Gasteiger partial charge on any atom is -0.308 e. The van der Waals surface area contributed by atoms with Crippen LogP contribution in [0.3, 0.4) is 0 Å². The van der Waals surface area contributed by atoms with Gasteiger partial charge in [-0.2, -0.15) is 0 Å². The molecule has 0 aliphatic carbocycles. The van der Waals surface area contributed by atoms with E-state index >= 15 is 0 Å². The maximum atomic E-state index is 13.1. The first-order valence-corrected chi connectivity index (χ1v) is 6.05. The lowest BCUT2D eigenvalue weighted by molar-refractivity contribution is -0.118. The number of benzene rings is 1. The predicted octanol–water partition coefficient (Wildman–Crippen LogP) is 2.90. The van der Waals surface area contributed by atoms with E-state index in [-0.39, 0.29) is 11.7 Å². The lowest BCUT2D eigenvalue weighted by Gasteiger charge is -2.28. The fourth-order valence-corrected chi connectivity index (χ4v) is 2.10. The first kappa shape index (κ1) is 12.1. The molecule has 1 heterocycles. The van der Waals surface area contributed by atoms with Crippen molar-refractivity contribution in [3.63, 3.8) is 0 Å². The highest BCUT2D eigenvalue weighted by Gasteiger charge is 2.23. The van der Waals surface area contributed by atoms with Gasteiger partial charge >= 0.3 is 0 Å². The SMILES string of the molecule is O=C1CCc2cc(F)ccc2N1CC=CCCl. The van der Waals surface area contributed by atoms with Crippen molar-refractivity contribution in [2.24, 2.45) is 0 Å². The molecule has 0 radical (unpaired) electrons. The normalized spacial score (nSPS) is 15.4. The standard InChI is InChI=1S/C13H13ClFNO/c14-7-1-2-8-16-12-5-4-11(15)9-10(12)3-6-13(16)17/h1-2,4-5,9H,3,6-8H2. The minimum absolute atomic E-state index is 0.0725. The topological polar surface area (TPSA) is 20.3 Å². The first-order chi connectivity index (χ1) is 8.22. The number of alkyl halides is 1. The molecule has 0 aromatic heterocycles. The van der Waals surface area contributed by atoms with Gasteiger partial charge in [-0.05, 0) is 30.2 Å². The van der Waals surface area contributed by atoms with Gasteiger partial charge in [-0.3, -0.25) is 4.79 Å². The molecule has 1 amide bonds. The summed E-state index contributed by atoms with van der Waals surface area (Å²) >= 11 is 5.54. The maximum Gasteiger partial charge on any atom is 0.227 e. The fraction of sp³-hybridized carbons (Fsp3) is 0.308. The number of halogens is 2. The molecule has 0 saturated carbocycles. The Morgan fingerprint density at radius 2 is 2.18 bits per heavy atom. The molecule has 1 aromatic carbocycles. The van der Waals surface area contributed by atoms with E-state index in [4.69, 9.17) is 11.6 Å². The maximum absolute atomic E-state index is 13.1. The largest absolute Gasteiger partial charge is 0.308 e. The number of rotatable bonds is 3. The molecule has 0 saturated heterocycles. The summed E-state index contributed by atoms with van der Waals surface area (Å²) in [6, 6.07) is 4.55. The Kier molecular flexibility index (Phi) is 3.79. The Hall–Kier alpha value is -1.35. The molecule has 0 fully saturated rings. The number of hydrogen-bond acceptors (Lipinski definition) is 1. The molecule has 1 aromatic rings. The van der Waals surface area contributed by atoms with Crippen LogP contribution < -0.4 is 4.90 Å². The zero-order valence-electron chi connectivity index (χ0n) is 9.33. The predicted molar refractivity (Wildman–Crippen MR) is 66.9 cm³/mol. The number of aryl methyl sites for hydroxylation is 1. The van der Waals surface area contributed by atoms with Crippen molar-refractivity contribution >= 4 is 23.2 Å². The Morgan fingerprint density at radius 3 is 2.94 bits per heavy atom. The molecular formula is C13H13ClFNO. The molecule has 0 spiro atoms. The van der Waals surface area contributed by atoms with Gasteiger partial charge < -0.3 is 4.90 Å². The highest BCUT2D eigenvalue weighted by molar-refractivity contribution is 6.18. The van der Waals surface area contributed by atoms with Gasteiger partial charge in [0, 0.05) is 24.5 Å². The van der Waals surface area contributed by atoms with Gasteiger partial charge in [-0.25, -0.2) is 4.39 Å². The summed E-state index contributed by atoms with van der Waals surface area (Å²) in [6.07, 6.45) is 4.70. The Balaban J connectivity index is 2.27. The van der Waals surface area contributed by atoms with Crippen molar-refractivity contribution in [3.05, 3.63) is 41.7 Å². The summed E-state index contributed by atoms with van der Waals surface area (Å²) in [6.45, 7) is 0.490. The van der Waals surface area contributed by atoms with E-state index in [0.717, 1.165) is 11.3 Å². The summed E-state index contributed by atoms with van der Waals surface area (Å²) in [5.74, 6) is 0.246. The van der Waals surface area contributed by atoms with Gasteiger partial charge in [0.2, 0.25) is 5.91 Å². The van der Waals surface area contributed by atoms with E-state index in [0.29, 0.717) is 25.3 Å². The number of carbonyl (C=O) groups excluding carboxylic acids is 1. The number of allylic oxidation sites excluding steroid dienone is 1. The van der Waals surface area contributed by atoms with Crippen molar-refractivity contribution in [3.8, 4) is 0 Å². The molecule has 1 aliphatic rings. The van der Waals surface area contributed by atoms with Crippen LogP contribution in [0.15, 0.2) is 30.4 Å². The van der Waals surface area contributed by atoms with E-state index in [2.05, 4.69) is 0 Å². The Bertz CT molecular complexity index is 459. The summed E-state index contributed by atoms with van der Waals surface area (Å²) in [4.78, 5) is 13.5. The van der Waals surface area contributed by atoms with Crippen molar-refractivity contribution in [2.45, 2.75) is 12.8 Å². The monoisotopic (exact) mass is 253 g/mol. The van der Waals surface area contributed by atoms with E-state index < -0.39 is 0 Å². The number of hydrogen-bond donors (Lipinski definition) is 0. The molecule has 1 aliphatic heterocycles. The van der Waals surface area contributed by atoms with Crippen molar-refractivity contribution in [1.29, 1.82) is 0 Å². The molecular weight excluding hydrogens is 241 g/mol. The smallest absolute Gasteiger partial charge is 0.227 e. The highest BCUT2D eigenvalue weighted by Crippen LogP contribution is 2.28. The number of anilines is 1.